The fourth-order valence-corrected chi connectivity index (χ4v) is 5.54. The minimum atomic E-state index is -0.946. The zero-order chi connectivity index (χ0) is 28.0. The average molecular weight is 566 g/mol. The fraction of sp³-hybridized carbons (Fsp3) is 0.552. The lowest BCUT2D eigenvalue weighted by Gasteiger charge is -2.33. The van der Waals surface area contributed by atoms with E-state index >= 15 is 0 Å². The number of amides is 1. The number of carbonyl (C=O) groups excluding carboxylic acids is 3. The molecule has 0 unspecified atom stereocenters. The first-order valence-corrected chi connectivity index (χ1v) is 13.9. The molecule has 1 aliphatic heterocycles. The van der Waals surface area contributed by atoms with Crippen molar-refractivity contribution < 1.29 is 24.2 Å². The predicted octanol–water partition coefficient (Wildman–Crippen LogP) is 5.28. The number of likely N-dealkylation sites (N-methyl/N-ethyl adjacent to an activating group) is 1. The van der Waals surface area contributed by atoms with Gasteiger partial charge in [0.05, 0.1) is 12.0 Å². The molecule has 0 aromatic heterocycles. The number of halogens is 2. The molecule has 38 heavy (non-hydrogen) atoms. The van der Waals surface area contributed by atoms with Crippen LogP contribution in [0.5, 0.6) is 0 Å². The van der Waals surface area contributed by atoms with Gasteiger partial charge in [-0.15, -0.1) is 0 Å². The van der Waals surface area contributed by atoms with Crippen LogP contribution in [0.2, 0.25) is 10.0 Å². The number of ketones is 2. The molecule has 7 nitrogen and oxygen atoms in total. The largest absolute Gasteiger partial charge is 0.442 e. The summed E-state index contributed by atoms with van der Waals surface area (Å²) in [7, 11) is 2.02. The number of hydrogen-bond donors (Lipinski definition) is 1. The van der Waals surface area contributed by atoms with E-state index in [0.717, 1.165) is 18.7 Å². The number of ether oxygens (including phenoxy) is 1. The smallest absolute Gasteiger partial charge is 0.410 e. The van der Waals surface area contributed by atoms with Crippen LogP contribution < -0.4 is 0 Å². The zero-order valence-corrected chi connectivity index (χ0v) is 24.0. The van der Waals surface area contributed by atoms with Gasteiger partial charge < -0.3 is 19.6 Å². The topological polar surface area (TPSA) is 87.2 Å². The van der Waals surface area contributed by atoms with Gasteiger partial charge in [-0.25, -0.2) is 4.79 Å². The Morgan fingerprint density at radius 3 is 2.29 bits per heavy atom. The molecule has 3 rings (SSSR count). The number of hydrogen-bond acceptors (Lipinski definition) is 6. The normalized spacial score (nSPS) is 29.4. The maximum atomic E-state index is 13.4. The fourth-order valence-electron chi connectivity index (χ4n) is 5.00. The van der Waals surface area contributed by atoms with E-state index < -0.39 is 29.7 Å². The van der Waals surface area contributed by atoms with Crippen molar-refractivity contribution >= 4 is 46.9 Å². The minimum Gasteiger partial charge on any atom is -0.442 e. The van der Waals surface area contributed by atoms with Crippen LogP contribution in [0, 0.1) is 17.8 Å². The molecule has 1 aliphatic carbocycles. The first-order valence-electron chi connectivity index (χ1n) is 13.2. The highest BCUT2D eigenvalue weighted by atomic mass is 35.5. The van der Waals surface area contributed by atoms with E-state index in [1.54, 1.807) is 36.1 Å². The molecule has 1 amide bonds. The molecule has 208 valence electrons. The van der Waals surface area contributed by atoms with E-state index in [4.69, 9.17) is 27.9 Å². The molecule has 1 aromatic rings. The van der Waals surface area contributed by atoms with Crippen molar-refractivity contribution in [2.75, 3.05) is 33.2 Å². The van der Waals surface area contributed by atoms with Crippen molar-refractivity contribution in [2.45, 2.75) is 52.2 Å². The van der Waals surface area contributed by atoms with Crippen LogP contribution in [-0.4, -0.2) is 78.0 Å². The van der Waals surface area contributed by atoms with Crippen LogP contribution in [0.1, 0.15) is 45.6 Å². The summed E-state index contributed by atoms with van der Waals surface area (Å²) in [4.78, 5) is 43.0. The third-order valence-electron chi connectivity index (χ3n) is 7.39. The van der Waals surface area contributed by atoms with Gasteiger partial charge in [0.15, 0.2) is 0 Å². The van der Waals surface area contributed by atoms with Gasteiger partial charge in [0.1, 0.15) is 6.10 Å². The minimum absolute atomic E-state index is 0.0848. The van der Waals surface area contributed by atoms with Gasteiger partial charge in [-0.3, -0.25) is 9.59 Å². The van der Waals surface area contributed by atoms with E-state index in [9.17, 15) is 19.5 Å². The standard InChI is InChI=1S/C29H38Cl2N2O5/c1-18-5-7-24(34)17-25(35)28(36)27(20(3)13-21-14-22(30)16-23(31)15-21)19(2)6-8-26(18)38-29(37)33-11-9-32(4)10-12-33/h6,8,13-16,18-19,24,26-27,34H,5,7,9-12,17H2,1-4H3/b8-6+,20-13+/t18-,19-,24+,26-,27-/m0/s1. The number of benzene rings is 1. The van der Waals surface area contributed by atoms with Crippen LogP contribution in [0.3, 0.4) is 0 Å². The molecule has 9 heteroatoms. The summed E-state index contributed by atoms with van der Waals surface area (Å²) in [6, 6.07) is 5.09. The second-order valence-electron chi connectivity index (χ2n) is 10.7. The molecule has 1 fully saturated rings. The Bertz CT molecular complexity index is 1060. The number of Topliss-reactive ketones (excluding diaryl/α,β-unsaturated/α-hetero) is 2. The predicted molar refractivity (Wildman–Crippen MR) is 150 cm³/mol. The number of piperazine rings is 1. The second kappa shape index (κ2) is 13.7. The van der Waals surface area contributed by atoms with E-state index in [1.807, 2.05) is 33.0 Å². The molecule has 0 spiro atoms. The average Bonchev–Trinajstić information content (AvgIpc) is 2.84. The molecular weight excluding hydrogens is 527 g/mol. The van der Waals surface area contributed by atoms with Gasteiger partial charge in [0.25, 0.3) is 0 Å². The Kier molecular flexibility index (Phi) is 11.0. The summed E-state index contributed by atoms with van der Waals surface area (Å²) in [5.41, 5.74) is 1.39. The Hall–Kier alpha value is -2.19. The van der Waals surface area contributed by atoms with E-state index in [2.05, 4.69) is 4.90 Å². The Morgan fingerprint density at radius 2 is 1.66 bits per heavy atom. The Balaban J connectivity index is 1.90. The molecule has 1 N–H and O–H groups in total. The van der Waals surface area contributed by atoms with Gasteiger partial charge in [-0.2, -0.15) is 0 Å². The van der Waals surface area contributed by atoms with E-state index in [1.165, 1.54) is 0 Å². The van der Waals surface area contributed by atoms with Crippen LogP contribution >= 0.6 is 23.2 Å². The molecule has 1 heterocycles. The number of allylic oxidation sites excluding steroid dienone is 2. The lowest BCUT2D eigenvalue weighted by molar-refractivity contribution is -0.140. The molecule has 1 aromatic carbocycles. The lowest BCUT2D eigenvalue weighted by atomic mass is 9.80. The summed E-state index contributed by atoms with van der Waals surface area (Å²) < 4.78 is 5.94. The quantitative estimate of drug-likeness (QED) is 0.397. The molecule has 0 radical (unpaired) electrons. The summed E-state index contributed by atoms with van der Waals surface area (Å²) in [6.45, 7) is 8.40. The molecule has 2 aliphatic rings. The van der Waals surface area contributed by atoms with Crippen LogP contribution in [-0.2, 0) is 14.3 Å². The highest BCUT2D eigenvalue weighted by Crippen LogP contribution is 2.30. The number of nitrogens with zero attached hydrogens (tertiary/aromatic N) is 2. The van der Waals surface area contributed by atoms with E-state index in [0.29, 0.717) is 41.5 Å². The number of rotatable bonds is 3. The summed E-state index contributed by atoms with van der Waals surface area (Å²) in [5, 5.41) is 11.5. The molecule has 0 bridgehead atoms. The molecular formula is C29H38Cl2N2O5. The zero-order valence-electron chi connectivity index (χ0n) is 22.5. The second-order valence-corrected chi connectivity index (χ2v) is 11.5. The maximum Gasteiger partial charge on any atom is 0.410 e. The monoisotopic (exact) mass is 564 g/mol. The molecule has 5 atom stereocenters. The first-order chi connectivity index (χ1) is 17.9. The van der Waals surface area contributed by atoms with Crippen molar-refractivity contribution in [3.8, 4) is 0 Å². The third kappa shape index (κ3) is 8.40. The highest BCUT2D eigenvalue weighted by Gasteiger charge is 2.33. The Labute approximate surface area is 235 Å². The number of aliphatic hydroxyl groups excluding tert-OH is 1. The number of carbonyl (C=O) groups is 3. The lowest BCUT2D eigenvalue weighted by Crippen LogP contribution is -2.48. The number of aliphatic hydroxyl groups is 1. The van der Waals surface area contributed by atoms with E-state index in [-0.39, 0.29) is 24.3 Å². The van der Waals surface area contributed by atoms with Gasteiger partial charge in [-0.1, -0.05) is 54.8 Å². The van der Waals surface area contributed by atoms with Crippen LogP contribution in [0.4, 0.5) is 4.79 Å². The molecule has 0 saturated carbocycles. The van der Waals surface area contributed by atoms with Crippen molar-refractivity contribution in [1.82, 2.24) is 9.80 Å². The van der Waals surface area contributed by atoms with Crippen molar-refractivity contribution in [3.05, 3.63) is 51.5 Å². The Morgan fingerprint density at radius 1 is 1.03 bits per heavy atom. The first kappa shape index (κ1) is 30.4. The van der Waals surface area contributed by atoms with Crippen LogP contribution in [0.15, 0.2) is 35.9 Å². The summed E-state index contributed by atoms with van der Waals surface area (Å²) in [6.07, 6.45) is 4.27. The van der Waals surface area contributed by atoms with Crippen molar-refractivity contribution in [1.29, 1.82) is 0 Å². The third-order valence-corrected chi connectivity index (χ3v) is 7.83. The highest BCUT2D eigenvalue weighted by molar-refractivity contribution is 6.39. The van der Waals surface area contributed by atoms with Gasteiger partial charge >= 0.3 is 6.09 Å². The van der Waals surface area contributed by atoms with Crippen LogP contribution in [0.25, 0.3) is 6.08 Å². The summed E-state index contributed by atoms with van der Waals surface area (Å²) >= 11 is 12.3. The van der Waals surface area contributed by atoms with Gasteiger partial charge in [-0.05, 0) is 68.5 Å². The van der Waals surface area contributed by atoms with Gasteiger partial charge in [0.2, 0.25) is 11.6 Å². The maximum absolute atomic E-state index is 13.4. The summed E-state index contributed by atoms with van der Waals surface area (Å²) in [5.74, 6) is -2.36. The SMILES string of the molecule is C/C(=C\c1cc(Cl)cc(Cl)c1)[C@H]1C(=O)C(=O)C[C@H](O)CC[C@H](C)[C@@H](OC(=O)N2CCN(C)CC2)/C=C/[C@@H]1C. The van der Waals surface area contributed by atoms with Gasteiger partial charge in [0, 0.05) is 42.6 Å². The molecule has 1 saturated heterocycles. The van der Waals surface area contributed by atoms with Crippen molar-refractivity contribution in [3.63, 3.8) is 0 Å². The van der Waals surface area contributed by atoms with Crippen molar-refractivity contribution in [2.24, 2.45) is 17.8 Å².